The van der Waals surface area contributed by atoms with Gasteiger partial charge in [0.2, 0.25) is 5.62 Å². The number of halogens is 1. The Morgan fingerprint density at radius 2 is 2.00 bits per heavy atom. The number of hydrogen-bond acceptors (Lipinski definition) is 5. The lowest BCUT2D eigenvalue weighted by molar-refractivity contribution is 0.387. The summed E-state index contributed by atoms with van der Waals surface area (Å²) < 4.78 is 19.8. The summed E-state index contributed by atoms with van der Waals surface area (Å²) in [6.45, 7) is 5.75. The van der Waals surface area contributed by atoms with Gasteiger partial charge in [-0.1, -0.05) is 0 Å². The molecular weight excluding hydrogens is 261 g/mol. The monoisotopic (exact) mass is 279 g/mol. The predicted molar refractivity (Wildman–Crippen MR) is 76.1 cm³/mol. The SMILES string of the molecule is COc1cc2nc(=NC(C)(C)C)n(N)c(N)c2cc1F. The number of aromatic nitrogens is 2. The zero-order chi connectivity index (χ0) is 15.1. The molecule has 0 aliphatic carbocycles. The maximum Gasteiger partial charge on any atom is 0.246 e. The van der Waals surface area contributed by atoms with Crippen LogP contribution in [0.25, 0.3) is 10.9 Å². The van der Waals surface area contributed by atoms with Crippen molar-refractivity contribution >= 4 is 16.7 Å². The van der Waals surface area contributed by atoms with E-state index >= 15 is 0 Å². The lowest BCUT2D eigenvalue weighted by atomic mass is 10.1. The molecule has 0 amide bonds. The molecule has 1 heterocycles. The van der Waals surface area contributed by atoms with Crippen LogP contribution in [0, 0.1) is 5.82 Å². The van der Waals surface area contributed by atoms with Crippen LogP contribution in [-0.2, 0) is 0 Å². The highest BCUT2D eigenvalue weighted by Gasteiger charge is 2.13. The fourth-order valence-electron chi connectivity index (χ4n) is 1.77. The molecule has 108 valence electrons. The minimum Gasteiger partial charge on any atom is -0.494 e. The fourth-order valence-corrected chi connectivity index (χ4v) is 1.77. The van der Waals surface area contributed by atoms with Crippen LogP contribution in [0.1, 0.15) is 20.8 Å². The molecule has 0 bridgehead atoms. The van der Waals surface area contributed by atoms with Gasteiger partial charge >= 0.3 is 0 Å². The van der Waals surface area contributed by atoms with Crippen LogP contribution in [0.3, 0.4) is 0 Å². The number of fused-ring (bicyclic) bond motifs is 1. The second kappa shape index (κ2) is 4.66. The van der Waals surface area contributed by atoms with Crippen LogP contribution in [0.15, 0.2) is 17.1 Å². The van der Waals surface area contributed by atoms with E-state index in [0.29, 0.717) is 10.9 Å². The van der Waals surface area contributed by atoms with Crippen LogP contribution >= 0.6 is 0 Å². The third kappa shape index (κ3) is 2.52. The molecule has 0 unspecified atom stereocenters. The van der Waals surface area contributed by atoms with Crippen LogP contribution in [0.2, 0.25) is 0 Å². The summed E-state index contributed by atoms with van der Waals surface area (Å²) >= 11 is 0. The molecule has 2 rings (SSSR count). The first-order valence-corrected chi connectivity index (χ1v) is 6.09. The number of nitrogens with two attached hydrogens (primary N) is 2. The van der Waals surface area contributed by atoms with E-state index in [1.165, 1.54) is 19.2 Å². The van der Waals surface area contributed by atoms with Crippen molar-refractivity contribution < 1.29 is 9.13 Å². The van der Waals surface area contributed by atoms with E-state index in [1.807, 2.05) is 20.8 Å². The van der Waals surface area contributed by atoms with Gasteiger partial charge in [-0.15, -0.1) is 0 Å². The quantitative estimate of drug-likeness (QED) is 0.767. The van der Waals surface area contributed by atoms with E-state index in [2.05, 4.69) is 9.98 Å². The highest BCUT2D eigenvalue weighted by atomic mass is 19.1. The van der Waals surface area contributed by atoms with Crippen LogP contribution in [0.4, 0.5) is 10.2 Å². The minimum atomic E-state index is -0.519. The molecule has 0 radical (unpaired) electrons. The average Bonchev–Trinajstić information content (AvgIpc) is 2.34. The molecule has 1 aromatic heterocycles. The zero-order valence-corrected chi connectivity index (χ0v) is 11.9. The summed E-state index contributed by atoms with van der Waals surface area (Å²) in [6, 6.07) is 2.73. The number of hydrogen-bond donors (Lipinski definition) is 2. The van der Waals surface area contributed by atoms with Gasteiger partial charge in [0, 0.05) is 11.5 Å². The molecular formula is C13H18FN5O. The molecule has 0 fully saturated rings. The molecule has 0 aliphatic rings. The summed E-state index contributed by atoms with van der Waals surface area (Å²) in [6.07, 6.45) is 0. The molecule has 7 heteroatoms. The van der Waals surface area contributed by atoms with E-state index in [4.69, 9.17) is 16.3 Å². The van der Waals surface area contributed by atoms with Gasteiger partial charge in [-0.25, -0.2) is 19.0 Å². The number of benzene rings is 1. The smallest absolute Gasteiger partial charge is 0.246 e. The van der Waals surface area contributed by atoms with Crippen molar-refractivity contribution in [3.8, 4) is 5.75 Å². The molecule has 1 aromatic carbocycles. The molecule has 4 N–H and O–H groups in total. The van der Waals surface area contributed by atoms with Gasteiger partial charge in [0.1, 0.15) is 5.82 Å². The summed E-state index contributed by atoms with van der Waals surface area (Å²) in [5, 5.41) is 0.415. The fraction of sp³-hybridized carbons (Fsp3) is 0.385. The Balaban J connectivity index is 2.86. The average molecular weight is 279 g/mol. The first-order valence-electron chi connectivity index (χ1n) is 6.09. The largest absolute Gasteiger partial charge is 0.494 e. The molecule has 0 spiro atoms. The number of ether oxygens (including phenoxy) is 1. The van der Waals surface area contributed by atoms with E-state index in [0.717, 1.165) is 4.68 Å². The van der Waals surface area contributed by atoms with E-state index in [9.17, 15) is 4.39 Å². The predicted octanol–water partition coefficient (Wildman–Crippen LogP) is 1.18. The summed E-state index contributed by atoms with van der Waals surface area (Å²) in [5.41, 5.74) is 6.32. The van der Waals surface area contributed by atoms with Crippen LogP contribution in [0.5, 0.6) is 5.75 Å². The second-order valence-electron chi connectivity index (χ2n) is 5.45. The Kier molecular flexibility index (Phi) is 3.29. The van der Waals surface area contributed by atoms with Gasteiger partial charge in [-0.3, -0.25) is 0 Å². The van der Waals surface area contributed by atoms with Gasteiger partial charge in [0.15, 0.2) is 11.6 Å². The van der Waals surface area contributed by atoms with Crippen molar-refractivity contribution in [2.75, 3.05) is 18.7 Å². The lowest BCUT2D eigenvalue weighted by Crippen LogP contribution is -2.35. The van der Waals surface area contributed by atoms with Gasteiger partial charge in [-0.05, 0) is 26.8 Å². The van der Waals surface area contributed by atoms with Gasteiger partial charge < -0.3 is 16.3 Å². The first kappa shape index (κ1) is 14.1. The molecule has 20 heavy (non-hydrogen) atoms. The number of rotatable bonds is 1. The maximum atomic E-state index is 13.7. The Morgan fingerprint density at radius 1 is 1.35 bits per heavy atom. The minimum absolute atomic E-state index is 0.0980. The molecule has 0 saturated heterocycles. The molecule has 0 aliphatic heterocycles. The number of anilines is 1. The standard InChI is InChI=1S/C13H18FN5O/c1-13(2,3)18-12-17-9-6-10(20-4)8(14)5-7(9)11(15)19(12)16/h5-6H,15-16H2,1-4H3. The number of nitrogen functional groups attached to an aromatic ring is 2. The van der Waals surface area contributed by atoms with E-state index in [1.54, 1.807) is 0 Å². The van der Waals surface area contributed by atoms with Crippen LogP contribution < -0.4 is 21.9 Å². The highest BCUT2D eigenvalue weighted by Crippen LogP contribution is 2.25. The third-order valence-corrected chi connectivity index (χ3v) is 2.68. The maximum absolute atomic E-state index is 13.7. The third-order valence-electron chi connectivity index (χ3n) is 2.68. The summed E-state index contributed by atoms with van der Waals surface area (Å²) in [4.78, 5) is 8.71. The van der Waals surface area contributed by atoms with E-state index < -0.39 is 5.82 Å². The van der Waals surface area contributed by atoms with Crippen molar-refractivity contribution in [3.63, 3.8) is 0 Å². The number of methoxy groups -OCH3 is 1. The van der Waals surface area contributed by atoms with Crippen molar-refractivity contribution in [2.24, 2.45) is 4.99 Å². The summed E-state index contributed by atoms with van der Waals surface area (Å²) in [7, 11) is 1.39. The Hall–Kier alpha value is -2.31. The number of nitrogens with zero attached hydrogens (tertiary/aromatic N) is 3. The Labute approximate surface area is 115 Å². The van der Waals surface area contributed by atoms with Crippen LogP contribution in [-0.4, -0.2) is 22.3 Å². The second-order valence-corrected chi connectivity index (χ2v) is 5.45. The Bertz CT molecular complexity index is 730. The van der Waals surface area contributed by atoms with Gasteiger partial charge in [0.25, 0.3) is 0 Å². The van der Waals surface area contributed by atoms with Gasteiger partial charge in [0.05, 0.1) is 18.2 Å². The zero-order valence-electron chi connectivity index (χ0n) is 11.9. The van der Waals surface area contributed by atoms with Crippen molar-refractivity contribution in [2.45, 2.75) is 26.3 Å². The van der Waals surface area contributed by atoms with Crippen molar-refractivity contribution in [1.82, 2.24) is 9.66 Å². The summed E-state index contributed by atoms with van der Waals surface area (Å²) in [5.74, 6) is 5.63. The Morgan fingerprint density at radius 3 is 2.55 bits per heavy atom. The molecule has 0 saturated carbocycles. The molecule has 0 atom stereocenters. The van der Waals surface area contributed by atoms with Crippen molar-refractivity contribution in [1.29, 1.82) is 0 Å². The van der Waals surface area contributed by atoms with Crippen molar-refractivity contribution in [3.05, 3.63) is 23.6 Å². The lowest BCUT2D eigenvalue weighted by Gasteiger charge is -2.14. The molecule has 2 aromatic rings. The normalized spacial score (nSPS) is 12.9. The van der Waals surface area contributed by atoms with E-state index in [-0.39, 0.29) is 22.7 Å². The first-order chi connectivity index (χ1) is 9.23. The molecule has 6 nitrogen and oxygen atoms in total. The highest BCUT2D eigenvalue weighted by molar-refractivity contribution is 5.89. The van der Waals surface area contributed by atoms with Gasteiger partial charge in [-0.2, -0.15) is 0 Å². The topological polar surface area (TPSA) is 91.5 Å².